The van der Waals surface area contributed by atoms with Crippen LogP contribution in [0.5, 0.6) is 0 Å². The smallest absolute Gasteiger partial charge is 0.0796 e. The summed E-state index contributed by atoms with van der Waals surface area (Å²) < 4.78 is 0. The van der Waals surface area contributed by atoms with Crippen molar-refractivity contribution in [2.24, 2.45) is 0 Å². The van der Waals surface area contributed by atoms with Crippen LogP contribution in [0.1, 0.15) is 12.5 Å². The Kier molecular flexibility index (Phi) is 7.50. The number of hydrogen-bond donors (Lipinski definition) is 1. The van der Waals surface area contributed by atoms with Gasteiger partial charge in [-0.1, -0.05) is 30.3 Å². The molecular formula is C10H16IN. The van der Waals surface area contributed by atoms with E-state index in [4.69, 9.17) is 0 Å². The van der Waals surface area contributed by atoms with Gasteiger partial charge in [-0.25, -0.2) is 0 Å². The number of rotatable bonds is 4. The maximum atomic E-state index is 2.33. The molecule has 0 radical (unpaired) electrons. The molecule has 12 heavy (non-hydrogen) atoms. The van der Waals surface area contributed by atoms with Gasteiger partial charge in [-0.05, 0) is 12.5 Å². The molecule has 0 unspecified atom stereocenters. The SMILES string of the molecule is CC[NH2+]CCc1ccccc1.[I-]. The lowest BCUT2D eigenvalue weighted by atomic mass is 10.1. The Morgan fingerprint density at radius 2 is 1.83 bits per heavy atom. The Bertz CT molecular complexity index is 186. The Hall–Kier alpha value is -0.0900. The highest BCUT2D eigenvalue weighted by molar-refractivity contribution is 5.14. The highest BCUT2D eigenvalue weighted by Crippen LogP contribution is 1.96. The predicted molar refractivity (Wildman–Crippen MR) is 47.5 cm³/mol. The van der Waals surface area contributed by atoms with Gasteiger partial charge in [0, 0.05) is 6.42 Å². The average Bonchev–Trinajstić information content (AvgIpc) is 2.07. The van der Waals surface area contributed by atoms with Crippen LogP contribution < -0.4 is 29.3 Å². The second-order valence-electron chi connectivity index (χ2n) is 2.72. The van der Waals surface area contributed by atoms with Crippen molar-refractivity contribution in [2.75, 3.05) is 13.1 Å². The van der Waals surface area contributed by atoms with E-state index in [0.29, 0.717) is 0 Å². The molecule has 0 fully saturated rings. The van der Waals surface area contributed by atoms with E-state index >= 15 is 0 Å². The number of halogens is 1. The molecule has 0 aliphatic heterocycles. The number of hydrogen-bond acceptors (Lipinski definition) is 0. The van der Waals surface area contributed by atoms with E-state index in [-0.39, 0.29) is 24.0 Å². The van der Waals surface area contributed by atoms with Crippen LogP contribution in [0.2, 0.25) is 0 Å². The van der Waals surface area contributed by atoms with E-state index in [9.17, 15) is 0 Å². The Balaban J connectivity index is 0.00000121. The molecule has 0 spiro atoms. The Labute approximate surface area is 91.6 Å². The summed E-state index contributed by atoms with van der Waals surface area (Å²) in [5.41, 5.74) is 1.44. The van der Waals surface area contributed by atoms with Crippen LogP contribution in [0.3, 0.4) is 0 Å². The summed E-state index contributed by atoms with van der Waals surface area (Å²) in [6, 6.07) is 10.6. The first-order valence-corrected chi connectivity index (χ1v) is 4.29. The van der Waals surface area contributed by atoms with Gasteiger partial charge in [-0.15, -0.1) is 0 Å². The molecule has 0 atom stereocenters. The molecule has 1 aromatic rings. The van der Waals surface area contributed by atoms with E-state index in [2.05, 4.69) is 42.6 Å². The van der Waals surface area contributed by atoms with Crippen molar-refractivity contribution < 1.29 is 29.3 Å². The first-order chi connectivity index (χ1) is 5.43. The molecule has 0 saturated heterocycles. The summed E-state index contributed by atoms with van der Waals surface area (Å²) in [6.07, 6.45) is 1.19. The summed E-state index contributed by atoms with van der Waals surface area (Å²) >= 11 is 0. The lowest BCUT2D eigenvalue weighted by Crippen LogP contribution is -3.00. The minimum atomic E-state index is 0. The van der Waals surface area contributed by atoms with E-state index in [1.54, 1.807) is 0 Å². The van der Waals surface area contributed by atoms with Crippen LogP contribution in [-0.4, -0.2) is 13.1 Å². The van der Waals surface area contributed by atoms with Crippen LogP contribution in [0.4, 0.5) is 0 Å². The van der Waals surface area contributed by atoms with Gasteiger partial charge in [0.15, 0.2) is 0 Å². The normalized spacial score (nSPS) is 9.08. The zero-order valence-electron chi connectivity index (χ0n) is 7.46. The molecule has 0 amide bonds. The number of benzene rings is 1. The highest BCUT2D eigenvalue weighted by Gasteiger charge is 1.90. The zero-order valence-corrected chi connectivity index (χ0v) is 9.62. The summed E-state index contributed by atoms with van der Waals surface area (Å²) in [5.74, 6) is 0. The molecule has 0 bridgehead atoms. The van der Waals surface area contributed by atoms with Crippen LogP contribution >= 0.6 is 0 Å². The van der Waals surface area contributed by atoms with Crippen molar-refractivity contribution in [3.8, 4) is 0 Å². The minimum Gasteiger partial charge on any atom is -1.00 e. The molecule has 0 aliphatic carbocycles. The molecule has 0 aliphatic rings. The fourth-order valence-corrected chi connectivity index (χ4v) is 1.12. The highest BCUT2D eigenvalue weighted by atomic mass is 127. The van der Waals surface area contributed by atoms with Gasteiger partial charge in [0.25, 0.3) is 0 Å². The molecule has 1 aromatic carbocycles. The van der Waals surface area contributed by atoms with Crippen molar-refractivity contribution in [1.29, 1.82) is 0 Å². The van der Waals surface area contributed by atoms with Gasteiger partial charge < -0.3 is 29.3 Å². The fourth-order valence-electron chi connectivity index (χ4n) is 1.12. The lowest BCUT2D eigenvalue weighted by Gasteiger charge is -1.98. The average molecular weight is 277 g/mol. The van der Waals surface area contributed by atoms with Crippen LogP contribution in [0.15, 0.2) is 30.3 Å². The second kappa shape index (κ2) is 7.55. The van der Waals surface area contributed by atoms with Crippen LogP contribution in [-0.2, 0) is 6.42 Å². The molecule has 2 heteroatoms. The quantitative estimate of drug-likeness (QED) is 0.476. The summed E-state index contributed by atoms with van der Waals surface area (Å²) in [5, 5.41) is 2.33. The fraction of sp³-hybridized carbons (Fsp3) is 0.400. The third kappa shape index (κ3) is 4.72. The minimum absolute atomic E-state index is 0. The third-order valence-electron chi connectivity index (χ3n) is 1.77. The first kappa shape index (κ1) is 11.9. The molecule has 1 nitrogen and oxygen atoms in total. The van der Waals surface area contributed by atoms with E-state index in [1.807, 2.05) is 0 Å². The van der Waals surface area contributed by atoms with Crippen LogP contribution in [0, 0.1) is 0 Å². The monoisotopic (exact) mass is 277 g/mol. The maximum Gasteiger partial charge on any atom is 0.0796 e. The zero-order chi connectivity index (χ0) is 7.94. The van der Waals surface area contributed by atoms with Crippen LogP contribution in [0.25, 0.3) is 0 Å². The summed E-state index contributed by atoms with van der Waals surface area (Å²) in [6.45, 7) is 4.58. The molecule has 0 heterocycles. The van der Waals surface area contributed by atoms with Gasteiger partial charge in [0.05, 0.1) is 13.1 Å². The van der Waals surface area contributed by atoms with Gasteiger partial charge in [0.2, 0.25) is 0 Å². The first-order valence-electron chi connectivity index (χ1n) is 4.29. The number of quaternary nitrogens is 1. The van der Waals surface area contributed by atoms with Crippen molar-refractivity contribution >= 4 is 0 Å². The van der Waals surface area contributed by atoms with Gasteiger partial charge >= 0.3 is 0 Å². The molecule has 0 aromatic heterocycles. The molecular weight excluding hydrogens is 261 g/mol. The van der Waals surface area contributed by atoms with Crippen molar-refractivity contribution in [1.82, 2.24) is 0 Å². The molecule has 68 valence electrons. The Morgan fingerprint density at radius 3 is 2.42 bits per heavy atom. The topological polar surface area (TPSA) is 16.6 Å². The van der Waals surface area contributed by atoms with E-state index in [1.165, 1.54) is 25.1 Å². The van der Waals surface area contributed by atoms with Crippen molar-refractivity contribution in [3.63, 3.8) is 0 Å². The van der Waals surface area contributed by atoms with Gasteiger partial charge in [0.1, 0.15) is 0 Å². The van der Waals surface area contributed by atoms with Gasteiger partial charge in [-0.2, -0.15) is 0 Å². The predicted octanol–water partition coefficient (Wildman–Crippen LogP) is -2.18. The number of nitrogens with two attached hydrogens (primary N) is 1. The standard InChI is InChI=1S/C10H15N.HI/c1-2-11-9-8-10-6-4-3-5-7-10;/h3-7,11H,2,8-9H2,1H3;1H. The molecule has 0 saturated carbocycles. The third-order valence-corrected chi connectivity index (χ3v) is 1.77. The largest absolute Gasteiger partial charge is 1.00 e. The second-order valence-corrected chi connectivity index (χ2v) is 2.72. The Morgan fingerprint density at radius 1 is 1.17 bits per heavy atom. The number of likely N-dealkylation sites (N-methyl/N-ethyl adjacent to an activating group) is 1. The summed E-state index contributed by atoms with van der Waals surface area (Å²) in [4.78, 5) is 0. The van der Waals surface area contributed by atoms with E-state index < -0.39 is 0 Å². The molecule has 1 rings (SSSR count). The van der Waals surface area contributed by atoms with Gasteiger partial charge in [-0.3, -0.25) is 0 Å². The maximum absolute atomic E-state index is 2.33. The molecule has 2 N–H and O–H groups in total. The van der Waals surface area contributed by atoms with Crippen molar-refractivity contribution in [2.45, 2.75) is 13.3 Å². The lowest BCUT2D eigenvalue weighted by molar-refractivity contribution is -0.651. The summed E-state index contributed by atoms with van der Waals surface area (Å²) in [7, 11) is 0. The van der Waals surface area contributed by atoms with E-state index in [0.717, 1.165) is 0 Å². The van der Waals surface area contributed by atoms with Crippen molar-refractivity contribution in [3.05, 3.63) is 35.9 Å².